The number of rotatable bonds is 5. The van der Waals surface area contributed by atoms with E-state index in [0.717, 1.165) is 18.8 Å². The van der Waals surface area contributed by atoms with E-state index in [1.807, 2.05) is 0 Å². The van der Waals surface area contributed by atoms with Gasteiger partial charge in [-0.15, -0.1) is 0 Å². The van der Waals surface area contributed by atoms with Crippen molar-refractivity contribution in [1.29, 1.82) is 5.26 Å². The van der Waals surface area contributed by atoms with Crippen LogP contribution in [0.1, 0.15) is 72.1 Å². The Morgan fingerprint density at radius 2 is 2.10 bits per heavy atom. The highest BCUT2D eigenvalue weighted by molar-refractivity contribution is 5.14. The van der Waals surface area contributed by atoms with Crippen molar-refractivity contribution in [3.8, 4) is 6.07 Å². The lowest BCUT2D eigenvalue weighted by atomic mass is 9.96. The molecular formula is C18H33N3. The number of nitrogens with one attached hydrogen (secondary N) is 1. The second-order valence-electron chi connectivity index (χ2n) is 7.51. The van der Waals surface area contributed by atoms with Crippen LogP contribution in [0, 0.1) is 17.2 Å². The summed E-state index contributed by atoms with van der Waals surface area (Å²) in [6.07, 6.45) is 10.1. The van der Waals surface area contributed by atoms with Crippen molar-refractivity contribution in [2.75, 3.05) is 13.1 Å². The second kappa shape index (κ2) is 7.61. The molecule has 1 aliphatic carbocycles. The first-order valence-electron chi connectivity index (χ1n) is 9.01. The molecule has 1 N–H and O–H groups in total. The molecule has 120 valence electrons. The van der Waals surface area contributed by atoms with E-state index in [9.17, 15) is 5.26 Å². The zero-order valence-electron chi connectivity index (χ0n) is 14.2. The monoisotopic (exact) mass is 291 g/mol. The Hall–Kier alpha value is -0.590. The van der Waals surface area contributed by atoms with Crippen LogP contribution in [-0.4, -0.2) is 35.6 Å². The maximum absolute atomic E-state index is 9.62. The molecule has 0 bridgehead atoms. The molecular weight excluding hydrogens is 258 g/mol. The van der Waals surface area contributed by atoms with Gasteiger partial charge in [0.2, 0.25) is 0 Å². The molecule has 0 spiro atoms. The summed E-state index contributed by atoms with van der Waals surface area (Å²) in [5, 5.41) is 13.1. The van der Waals surface area contributed by atoms with E-state index in [2.05, 4.69) is 37.1 Å². The number of hydrogen-bond acceptors (Lipinski definition) is 3. The highest BCUT2D eigenvalue weighted by Gasteiger charge is 2.41. The summed E-state index contributed by atoms with van der Waals surface area (Å²) in [6.45, 7) is 9.09. The third kappa shape index (κ3) is 4.44. The van der Waals surface area contributed by atoms with Gasteiger partial charge in [0.05, 0.1) is 6.07 Å². The maximum atomic E-state index is 9.62. The molecule has 0 aromatic carbocycles. The van der Waals surface area contributed by atoms with Crippen LogP contribution < -0.4 is 5.32 Å². The fourth-order valence-corrected chi connectivity index (χ4v) is 4.40. The van der Waals surface area contributed by atoms with Gasteiger partial charge in [0, 0.05) is 12.1 Å². The van der Waals surface area contributed by atoms with Crippen molar-refractivity contribution in [3.63, 3.8) is 0 Å². The standard InChI is InChI=1S/C18H33N3/c1-4-6-16-7-5-11-21(12-9-16)17-8-10-18(13-17,14-19)20-15(2)3/h15-17,20H,4-13H2,1-3H3. The van der Waals surface area contributed by atoms with E-state index in [4.69, 9.17) is 0 Å². The molecule has 1 saturated carbocycles. The van der Waals surface area contributed by atoms with E-state index in [1.54, 1.807) is 0 Å². The van der Waals surface area contributed by atoms with E-state index in [-0.39, 0.29) is 5.54 Å². The lowest BCUT2D eigenvalue weighted by molar-refractivity contribution is 0.195. The molecule has 1 heterocycles. The van der Waals surface area contributed by atoms with Gasteiger partial charge in [-0.05, 0) is 71.4 Å². The topological polar surface area (TPSA) is 39.1 Å². The van der Waals surface area contributed by atoms with Crippen LogP contribution in [0.5, 0.6) is 0 Å². The first-order chi connectivity index (χ1) is 10.1. The van der Waals surface area contributed by atoms with Crippen molar-refractivity contribution < 1.29 is 0 Å². The molecule has 2 fully saturated rings. The molecule has 2 rings (SSSR count). The summed E-state index contributed by atoms with van der Waals surface area (Å²) in [4.78, 5) is 2.69. The smallest absolute Gasteiger partial charge is 0.108 e. The molecule has 21 heavy (non-hydrogen) atoms. The van der Waals surface area contributed by atoms with Crippen molar-refractivity contribution >= 4 is 0 Å². The highest BCUT2D eigenvalue weighted by Crippen LogP contribution is 2.35. The first-order valence-corrected chi connectivity index (χ1v) is 9.01. The van der Waals surface area contributed by atoms with Gasteiger partial charge in [0.1, 0.15) is 5.54 Å². The van der Waals surface area contributed by atoms with Crippen LogP contribution in [0.3, 0.4) is 0 Å². The van der Waals surface area contributed by atoms with E-state index in [1.165, 1.54) is 51.6 Å². The van der Waals surface area contributed by atoms with Gasteiger partial charge in [-0.25, -0.2) is 0 Å². The third-order valence-corrected chi connectivity index (χ3v) is 5.36. The molecule has 0 amide bonds. The number of hydrogen-bond donors (Lipinski definition) is 1. The summed E-state index contributed by atoms with van der Waals surface area (Å²) in [5.74, 6) is 0.941. The van der Waals surface area contributed by atoms with Gasteiger partial charge in [0.25, 0.3) is 0 Å². The van der Waals surface area contributed by atoms with Crippen LogP contribution in [0.15, 0.2) is 0 Å². The van der Waals surface area contributed by atoms with Crippen molar-refractivity contribution in [2.24, 2.45) is 5.92 Å². The Morgan fingerprint density at radius 3 is 2.76 bits per heavy atom. The summed E-state index contributed by atoms with van der Waals surface area (Å²) in [7, 11) is 0. The predicted molar refractivity (Wildman–Crippen MR) is 88.1 cm³/mol. The Balaban J connectivity index is 1.90. The average molecular weight is 291 g/mol. The van der Waals surface area contributed by atoms with Crippen LogP contribution in [0.4, 0.5) is 0 Å². The van der Waals surface area contributed by atoms with Gasteiger partial charge in [-0.1, -0.05) is 19.8 Å². The molecule has 3 unspecified atom stereocenters. The predicted octanol–water partition coefficient (Wildman–Crippen LogP) is 3.70. The van der Waals surface area contributed by atoms with Crippen molar-refractivity contribution in [1.82, 2.24) is 10.2 Å². The third-order valence-electron chi connectivity index (χ3n) is 5.36. The quantitative estimate of drug-likeness (QED) is 0.839. The number of nitrogens with zero attached hydrogens (tertiary/aromatic N) is 2. The zero-order valence-corrected chi connectivity index (χ0v) is 14.2. The lowest BCUT2D eigenvalue weighted by Gasteiger charge is -2.30. The normalized spacial score (nSPS) is 34.8. The van der Waals surface area contributed by atoms with Crippen LogP contribution in [0.2, 0.25) is 0 Å². The minimum Gasteiger partial charge on any atom is -0.300 e. The summed E-state index contributed by atoms with van der Waals surface area (Å²) in [6, 6.07) is 3.60. The molecule has 1 aliphatic heterocycles. The summed E-state index contributed by atoms with van der Waals surface area (Å²) < 4.78 is 0. The minimum absolute atomic E-state index is 0.270. The fraction of sp³-hybridized carbons (Fsp3) is 0.944. The largest absolute Gasteiger partial charge is 0.300 e. The highest BCUT2D eigenvalue weighted by atomic mass is 15.2. The number of nitriles is 1. The van der Waals surface area contributed by atoms with Crippen LogP contribution in [-0.2, 0) is 0 Å². The Labute approximate surface area is 131 Å². The summed E-state index contributed by atoms with van der Waals surface area (Å²) >= 11 is 0. The van der Waals surface area contributed by atoms with Gasteiger partial charge in [0.15, 0.2) is 0 Å². The molecule has 0 aromatic rings. The van der Waals surface area contributed by atoms with Crippen molar-refractivity contribution in [3.05, 3.63) is 0 Å². The zero-order chi connectivity index (χ0) is 15.3. The second-order valence-corrected chi connectivity index (χ2v) is 7.51. The Bertz CT molecular complexity index is 360. The molecule has 0 radical (unpaired) electrons. The molecule has 0 aromatic heterocycles. The van der Waals surface area contributed by atoms with E-state index in [0.29, 0.717) is 12.1 Å². The molecule has 2 aliphatic rings. The lowest BCUT2D eigenvalue weighted by Crippen LogP contribution is -2.47. The average Bonchev–Trinajstić information content (AvgIpc) is 2.72. The van der Waals surface area contributed by atoms with Gasteiger partial charge in [-0.3, -0.25) is 5.32 Å². The van der Waals surface area contributed by atoms with Crippen LogP contribution >= 0.6 is 0 Å². The van der Waals surface area contributed by atoms with Gasteiger partial charge < -0.3 is 4.90 Å². The first kappa shape index (κ1) is 16.8. The van der Waals surface area contributed by atoms with Gasteiger partial charge >= 0.3 is 0 Å². The Morgan fingerprint density at radius 1 is 1.29 bits per heavy atom. The van der Waals surface area contributed by atoms with E-state index >= 15 is 0 Å². The molecule has 3 atom stereocenters. The molecule has 1 saturated heterocycles. The van der Waals surface area contributed by atoms with Gasteiger partial charge in [-0.2, -0.15) is 5.26 Å². The number of likely N-dealkylation sites (tertiary alicyclic amines) is 1. The summed E-state index contributed by atoms with van der Waals surface area (Å²) in [5.41, 5.74) is -0.270. The minimum atomic E-state index is -0.270. The molecule has 3 nitrogen and oxygen atoms in total. The Kier molecular flexibility index (Phi) is 6.08. The van der Waals surface area contributed by atoms with Crippen LogP contribution in [0.25, 0.3) is 0 Å². The molecule has 3 heteroatoms. The fourth-order valence-electron chi connectivity index (χ4n) is 4.40. The maximum Gasteiger partial charge on any atom is 0.108 e. The van der Waals surface area contributed by atoms with E-state index < -0.39 is 0 Å². The van der Waals surface area contributed by atoms with Crippen molar-refractivity contribution in [2.45, 2.75) is 89.8 Å². The SMILES string of the molecule is CCCC1CCCN(C2CCC(C#N)(NC(C)C)C2)CC1.